The molecular weight excluding hydrogens is 266 g/mol. The van der Waals surface area contributed by atoms with Crippen LogP contribution in [0.2, 0.25) is 0 Å². The predicted octanol–water partition coefficient (Wildman–Crippen LogP) is 2.43. The Labute approximate surface area is 121 Å². The van der Waals surface area contributed by atoms with E-state index in [0.717, 1.165) is 5.56 Å². The average Bonchev–Trinajstić information content (AvgIpc) is 2.47. The summed E-state index contributed by atoms with van der Waals surface area (Å²) >= 11 is 0. The molecule has 0 spiro atoms. The van der Waals surface area contributed by atoms with Gasteiger partial charge >= 0.3 is 0 Å². The third kappa shape index (κ3) is 2.31. The van der Waals surface area contributed by atoms with Crippen LogP contribution in [0.1, 0.15) is 16.1 Å². The minimum Gasteiger partial charge on any atom is -0.508 e. The SMILES string of the molecule is Cn1ccc2cc(=O)ccc-2c1C(=O)c1cccc(O)c1. The Bertz CT molecular complexity index is 864. The van der Waals surface area contributed by atoms with Crippen molar-refractivity contribution in [3.05, 3.63) is 76.2 Å². The van der Waals surface area contributed by atoms with Gasteiger partial charge in [0, 0.05) is 24.4 Å². The molecule has 0 atom stereocenters. The van der Waals surface area contributed by atoms with Gasteiger partial charge in [0.1, 0.15) is 5.75 Å². The zero-order valence-electron chi connectivity index (χ0n) is 11.4. The lowest BCUT2D eigenvalue weighted by atomic mass is 9.97. The molecule has 0 saturated heterocycles. The number of ketones is 1. The number of aromatic hydroxyl groups is 1. The van der Waals surface area contributed by atoms with E-state index in [2.05, 4.69) is 0 Å². The fourth-order valence-corrected chi connectivity index (χ4v) is 2.42. The summed E-state index contributed by atoms with van der Waals surface area (Å²) in [5.41, 5.74) is 2.24. The zero-order valence-corrected chi connectivity index (χ0v) is 11.4. The fourth-order valence-electron chi connectivity index (χ4n) is 2.42. The van der Waals surface area contributed by atoms with Crippen LogP contribution in [0, 0.1) is 0 Å². The van der Waals surface area contributed by atoms with Gasteiger partial charge in [-0.25, -0.2) is 0 Å². The maximum atomic E-state index is 12.7. The number of phenols is 1. The Kier molecular flexibility index (Phi) is 3.06. The van der Waals surface area contributed by atoms with Gasteiger partial charge in [0.2, 0.25) is 5.78 Å². The van der Waals surface area contributed by atoms with E-state index in [1.807, 2.05) is 0 Å². The summed E-state index contributed by atoms with van der Waals surface area (Å²) in [6.07, 6.45) is 1.75. The first-order valence-electron chi connectivity index (χ1n) is 6.49. The van der Waals surface area contributed by atoms with Crippen LogP contribution in [-0.4, -0.2) is 15.5 Å². The van der Waals surface area contributed by atoms with Gasteiger partial charge in [-0.2, -0.15) is 0 Å². The minimum absolute atomic E-state index is 0.0468. The van der Waals surface area contributed by atoms with E-state index in [4.69, 9.17) is 0 Å². The molecular formula is C17H13NO3. The lowest BCUT2D eigenvalue weighted by Crippen LogP contribution is -2.14. The summed E-state index contributed by atoms with van der Waals surface area (Å²) in [5.74, 6) is -0.150. The molecule has 0 radical (unpaired) electrons. The number of aromatic nitrogens is 1. The van der Waals surface area contributed by atoms with Crippen molar-refractivity contribution in [3.63, 3.8) is 0 Å². The van der Waals surface area contributed by atoms with Crippen molar-refractivity contribution < 1.29 is 9.90 Å². The van der Waals surface area contributed by atoms with Crippen molar-refractivity contribution in [3.8, 4) is 16.9 Å². The third-order valence-electron chi connectivity index (χ3n) is 3.43. The summed E-state index contributed by atoms with van der Waals surface area (Å²) < 4.78 is 1.72. The van der Waals surface area contributed by atoms with Gasteiger partial charge in [0.05, 0.1) is 5.69 Å². The number of fused-ring (bicyclic) bond motifs is 1. The second kappa shape index (κ2) is 4.90. The summed E-state index contributed by atoms with van der Waals surface area (Å²) in [5, 5.41) is 9.53. The van der Waals surface area contributed by atoms with Crippen molar-refractivity contribution in [2.24, 2.45) is 7.05 Å². The van der Waals surface area contributed by atoms with Crippen molar-refractivity contribution in [2.45, 2.75) is 0 Å². The number of aryl methyl sites for hydroxylation is 1. The maximum absolute atomic E-state index is 12.7. The second-order valence-electron chi connectivity index (χ2n) is 4.90. The normalized spacial score (nSPS) is 10.7. The molecule has 104 valence electrons. The van der Waals surface area contributed by atoms with Gasteiger partial charge < -0.3 is 9.67 Å². The van der Waals surface area contributed by atoms with Crippen LogP contribution in [0.5, 0.6) is 5.75 Å². The zero-order chi connectivity index (χ0) is 15.0. The van der Waals surface area contributed by atoms with E-state index in [0.29, 0.717) is 16.8 Å². The molecule has 0 saturated carbocycles. The van der Waals surface area contributed by atoms with Crippen LogP contribution >= 0.6 is 0 Å². The van der Waals surface area contributed by atoms with E-state index in [1.165, 1.54) is 24.3 Å². The standard InChI is InChI=1S/C17H13NO3/c1-18-8-7-11-9-14(20)5-6-15(11)16(18)17(21)12-3-2-4-13(19)10-12/h2-10,19H,1H3. The highest BCUT2D eigenvalue weighted by Gasteiger charge is 2.18. The monoisotopic (exact) mass is 279 g/mol. The Balaban J connectivity index is 2.23. The number of carbonyl (C=O) groups is 1. The molecule has 1 aliphatic heterocycles. The summed E-state index contributed by atoms with van der Waals surface area (Å²) in [4.78, 5) is 24.1. The molecule has 1 aliphatic carbocycles. The van der Waals surface area contributed by atoms with Crippen LogP contribution in [0.3, 0.4) is 0 Å². The van der Waals surface area contributed by atoms with Crippen molar-refractivity contribution >= 4 is 5.78 Å². The lowest BCUT2D eigenvalue weighted by molar-refractivity contribution is 0.103. The van der Waals surface area contributed by atoms with Gasteiger partial charge in [-0.1, -0.05) is 12.1 Å². The van der Waals surface area contributed by atoms with Gasteiger partial charge in [-0.05, 0) is 42.0 Å². The second-order valence-corrected chi connectivity index (χ2v) is 4.90. The largest absolute Gasteiger partial charge is 0.508 e. The first-order chi connectivity index (χ1) is 10.1. The summed E-state index contributed by atoms with van der Waals surface area (Å²) in [7, 11) is 1.78. The molecule has 0 amide bonds. The van der Waals surface area contributed by atoms with E-state index in [1.54, 1.807) is 42.1 Å². The van der Waals surface area contributed by atoms with E-state index in [-0.39, 0.29) is 17.0 Å². The molecule has 1 heterocycles. The van der Waals surface area contributed by atoms with Crippen LogP contribution in [0.15, 0.2) is 59.5 Å². The third-order valence-corrected chi connectivity index (χ3v) is 3.43. The Morgan fingerprint density at radius 3 is 2.67 bits per heavy atom. The minimum atomic E-state index is -0.197. The molecule has 1 N–H and O–H groups in total. The number of hydrogen-bond donors (Lipinski definition) is 1. The van der Waals surface area contributed by atoms with Crippen molar-refractivity contribution in [1.82, 2.24) is 4.57 Å². The number of pyridine rings is 1. The van der Waals surface area contributed by atoms with Crippen molar-refractivity contribution in [2.75, 3.05) is 0 Å². The Morgan fingerprint density at radius 2 is 1.90 bits per heavy atom. The van der Waals surface area contributed by atoms with Crippen LogP contribution in [-0.2, 0) is 7.05 Å². The first kappa shape index (κ1) is 13.1. The Hall–Kier alpha value is -2.88. The van der Waals surface area contributed by atoms with Crippen LogP contribution in [0.4, 0.5) is 0 Å². The number of benzene rings is 2. The van der Waals surface area contributed by atoms with E-state index in [9.17, 15) is 14.7 Å². The highest BCUT2D eigenvalue weighted by molar-refractivity contribution is 6.12. The highest BCUT2D eigenvalue weighted by atomic mass is 16.3. The van der Waals surface area contributed by atoms with Crippen LogP contribution < -0.4 is 5.43 Å². The van der Waals surface area contributed by atoms with E-state index >= 15 is 0 Å². The van der Waals surface area contributed by atoms with Crippen molar-refractivity contribution in [1.29, 1.82) is 0 Å². The van der Waals surface area contributed by atoms with Gasteiger partial charge in [-0.15, -0.1) is 0 Å². The molecule has 0 unspecified atom stereocenters. The number of carbonyl (C=O) groups excluding carboxylic acids is 1. The number of phenolic OH excluding ortho intramolecular Hbond substituents is 1. The molecule has 1 aromatic rings. The summed E-state index contributed by atoms with van der Waals surface area (Å²) in [6.45, 7) is 0. The molecule has 3 rings (SSSR count). The number of rotatable bonds is 2. The predicted molar refractivity (Wildman–Crippen MR) is 79.8 cm³/mol. The molecule has 1 aromatic carbocycles. The topological polar surface area (TPSA) is 59.3 Å². The number of nitrogens with zero attached hydrogens (tertiary/aromatic N) is 1. The number of hydrogen-bond acceptors (Lipinski definition) is 3. The molecule has 4 nitrogen and oxygen atoms in total. The molecule has 0 bridgehead atoms. The maximum Gasteiger partial charge on any atom is 0.210 e. The smallest absolute Gasteiger partial charge is 0.210 e. The average molecular weight is 279 g/mol. The Morgan fingerprint density at radius 1 is 1.10 bits per heavy atom. The lowest BCUT2D eigenvalue weighted by Gasteiger charge is -2.15. The highest BCUT2D eigenvalue weighted by Crippen LogP contribution is 2.26. The van der Waals surface area contributed by atoms with Gasteiger partial charge in [-0.3, -0.25) is 9.59 Å². The molecule has 0 fully saturated rings. The first-order valence-corrected chi connectivity index (χ1v) is 6.49. The molecule has 4 heteroatoms. The van der Waals surface area contributed by atoms with E-state index < -0.39 is 0 Å². The molecule has 0 aromatic heterocycles. The quantitative estimate of drug-likeness (QED) is 0.733. The molecule has 2 aliphatic rings. The van der Waals surface area contributed by atoms with Gasteiger partial charge in [0.25, 0.3) is 0 Å². The summed E-state index contributed by atoms with van der Waals surface area (Å²) in [6, 6.07) is 12.7. The molecule has 21 heavy (non-hydrogen) atoms. The van der Waals surface area contributed by atoms with Crippen LogP contribution in [0.25, 0.3) is 11.1 Å². The fraction of sp³-hybridized carbons (Fsp3) is 0.0588. The van der Waals surface area contributed by atoms with Gasteiger partial charge in [0.15, 0.2) is 5.43 Å².